The van der Waals surface area contributed by atoms with Gasteiger partial charge in [-0.25, -0.2) is 4.99 Å². The number of rotatable bonds is 9. The Bertz CT molecular complexity index is 575. The normalized spacial score (nSPS) is 16.6. The molecule has 1 fully saturated rings. The van der Waals surface area contributed by atoms with Gasteiger partial charge in [0.25, 0.3) is 0 Å². The molecule has 0 aromatic heterocycles. The smallest absolute Gasteiger partial charge is 0.387 e. The molecule has 1 aromatic carbocycles. The van der Waals surface area contributed by atoms with Crippen molar-refractivity contribution in [3.63, 3.8) is 0 Å². The summed E-state index contributed by atoms with van der Waals surface area (Å²) in [5, 5.41) is 6.57. The summed E-state index contributed by atoms with van der Waals surface area (Å²) in [6.07, 6.45) is 3.62. The minimum atomic E-state index is -2.83. The van der Waals surface area contributed by atoms with E-state index in [0.29, 0.717) is 11.5 Å². The molecule has 0 atom stereocenters. The van der Waals surface area contributed by atoms with Crippen molar-refractivity contribution < 1.29 is 13.5 Å². The topological polar surface area (TPSA) is 48.9 Å². The molecule has 1 heterocycles. The van der Waals surface area contributed by atoms with Crippen LogP contribution in [0.2, 0.25) is 0 Å². The molecule has 5 nitrogen and oxygen atoms in total. The van der Waals surface area contributed by atoms with Crippen LogP contribution in [0, 0.1) is 5.92 Å². The average molecular weight is 382 g/mol. The second-order valence-corrected chi connectivity index (χ2v) is 6.77. The van der Waals surface area contributed by atoms with Crippen LogP contribution in [-0.4, -0.2) is 50.2 Å². The molecular formula is C20H32F2N4O. The minimum Gasteiger partial charge on any atom is -0.434 e. The first-order valence-electron chi connectivity index (χ1n) is 9.89. The number of benzene rings is 1. The van der Waals surface area contributed by atoms with Crippen LogP contribution in [0.4, 0.5) is 8.78 Å². The van der Waals surface area contributed by atoms with Gasteiger partial charge in [-0.15, -0.1) is 0 Å². The number of alkyl halides is 2. The number of ether oxygens (including phenoxy) is 1. The summed E-state index contributed by atoms with van der Waals surface area (Å²) in [6, 6.07) is 6.77. The maximum Gasteiger partial charge on any atom is 0.387 e. The van der Waals surface area contributed by atoms with Crippen molar-refractivity contribution >= 4 is 5.96 Å². The highest BCUT2D eigenvalue weighted by atomic mass is 19.3. The van der Waals surface area contributed by atoms with E-state index in [1.54, 1.807) is 24.3 Å². The molecule has 27 heavy (non-hydrogen) atoms. The second-order valence-electron chi connectivity index (χ2n) is 6.77. The molecule has 0 amide bonds. The first kappa shape index (κ1) is 21.4. The zero-order valence-electron chi connectivity index (χ0n) is 16.4. The molecule has 7 heteroatoms. The summed E-state index contributed by atoms with van der Waals surface area (Å²) in [5.41, 5.74) is 0.641. The van der Waals surface area contributed by atoms with Crippen LogP contribution in [0.5, 0.6) is 5.75 Å². The van der Waals surface area contributed by atoms with Gasteiger partial charge in [-0.05, 0) is 57.8 Å². The van der Waals surface area contributed by atoms with E-state index in [9.17, 15) is 8.78 Å². The fraction of sp³-hybridized carbons (Fsp3) is 0.650. The Morgan fingerprint density at radius 3 is 2.63 bits per heavy atom. The summed E-state index contributed by atoms with van der Waals surface area (Å²) >= 11 is 0. The van der Waals surface area contributed by atoms with Crippen molar-refractivity contribution in [3.8, 4) is 5.75 Å². The summed E-state index contributed by atoms with van der Waals surface area (Å²) < 4.78 is 29.6. The summed E-state index contributed by atoms with van der Waals surface area (Å²) in [5.74, 6) is 1.63. The van der Waals surface area contributed by atoms with Gasteiger partial charge in [0.2, 0.25) is 0 Å². The van der Waals surface area contributed by atoms with Gasteiger partial charge in [-0.2, -0.15) is 8.78 Å². The monoisotopic (exact) mass is 382 g/mol. The van der Waals surface area contributed by atoms with E-state index in [1.807, 2.05) is 6.92 Å². The number of hydrogen-bond donors (Lipinski definition) is 2. The van der Waals surface area contributed by atoms with Gasteiger partial charge in [-0.1, -0.05) is 25.1 Å². The predicted octanol–water partition coefficient (Wildman–Crippen LogP) is 3.47. The summed E-state index contributed by atoms with van der Waals surface area (Å²) in [7, 11) is 0. The maximum atomic E-state index is 12.5. The first-order valence-corrected chi connectivity index (χ1v) is 9.89. The van der Waals surface area contributed by atoms with Gasteiger partial charge < -0.3 is 20.3 Å². The Hall–Kier alpha value is -1.89. The van der Waals surface area contributed by atoms with E-state index in [0.717, 1.165) is 32.0 Å². The number of piperidine rings is 1. The molecule has 0 spiro atoms. The lowest BCUT2D eigenvalue weighted by Gasteiger charge is -2.31. The molecule has 152 valence electrons. The van der Waals surface area contributed by atoms with E-state index in [4.69, 9.17) is 0 Å². The van der Waals surface area contributed by atoms with Crippen molar-refractivity contribution in [2.45, 2.75) is 46.3 Å². The number of guanidine groups is 1. The summed E-state index contributed by atoms with van der Waals surface area (Å²) in [6.45, 7) is 6.80. The fourth-order valence-electron chi connectivity index (χ4n) is 3.34. The Morgan fingerprint density at radius 1 is 1.22 bits per heavy atom. The average Bonchev–Trinajstić information content (AvgIpc) is 2.67. The minimum absolute atomic E-state index is 0.176. The van der Waals surface area contributed by atoms with Crippen molar-refractivity contribution in [3.05, 3.63) is 29.8 Å². The van der Waals surface area contributed by atoms with Gasteiger partial charge in [0.1, 0.15) is 5.75 Å². The van der Waals surface area contributed by atoms with Crippen molar-refractivity contribution in [1.82, 2.24) is 15.5 Å². The second kappa shape index (κ2) is 11.7. The zero-order valence-corrected chi connectivity index (χ0v) is 16.4. The maximum absolute atomic E-state index is 12.5. The number of hydrogen-bond acceptors (Lipinski definition) is 3. The molecular weight excluding hydrogens is 350 g/mol. The number of halogens is 2. The molecule has 0 aliphatic carbocycles. The lowest BCUT2D eigenvalue weighted by Crippen LogP contribution is -2.39. The Balaban J connectivity index is 1.84. The predicted molar refractivity (Wildman–Crippen MR) is 105 cm³/mol. The highest BCUT2D eigenvalue weighted by Gasteiger charge is 2.17. The molecule has 1 aliphatic heterocycles. The Kier molecular flexibility index (Phi) is 9.31. The number of aliphatic imine (C=N–C) groups is 1. The van der Waals surface area contributed by atoms with E-state index in [-0.39, 0.29) is 12.3 Å². The molecule has 0 unspecified atom stereocenters. The number of nitrogens with one attached hydrogen (secondary N) is 2. The van der Waals surface area contributed by atoms with Gasteiger partial charge in [0, 0.05) is 18.7 Å². The van der Waals surface area contributed by atoms with Crippen molar-refractivity contribution in [2.24, 2.45) is 10.9 Å². The van der Waals surface area contributed by atoms with Crippen LogP contribution >= 0.6 is 0 Å². The van der Waals surface area contributed by atoms with Crippen LogP contribution < -0.4 is 15.4 Å². The van der Waals surface area contributed by atoms with Crippen LogP contribution in [0.3, 0.4) is 0 Å². The molecule has 1 saturated heterocycles. The van der Waals surface area contributed by atoms with Crippen molar-refractivity contribution in [2.75, 3.05) is 32.7 Å². The van der Waals surface area contributed by atoms with Crippen LogP contribution in [-0.2, 0) is 6.54 Å². The van der Waals surface area contributed by atoms with Gasteiger partial charge >= 0.3 is 6.61 Å². The molecule has 2 rings (SSSR count). The third kappa shape index (κ3) is 7.71. The zero-order chi connectivity index (χ0) is 19.5. The quantitative estimate of drug-likeness (QED) is 0.507. The number of likely N-dealkylation sites (tertiary alicyclic amines) is 1. The van der Waals surface area contributed by atoms with E-state index < -0.39 is 6.61 Å². The first-order chi connectivity index (χ1) is 13.1. The number of nitrogens with zero attached hydrogens (tertiary/aromatic N) is 2. The molecule has 0 bridgehead atoms. The Morgan fingerprint density at radius 2 is 1.96 bits per heavy atom. The standard InChI is InChI=1S/C20H32F2N4O/c1-3-23-20(24-12-9-16-10-13-26(4-2)14-11-16)25-15-17-7-5-6-8-18(17)27-19(21)22/h5-8,16,19H,3-4,9-15H2,1-2H3,(H2,23,24,25). The van der Waals surface area contributed by atoms with Gasteiger partial charge in [0.05, 0.1) is 6.54 Å². The summed E-state index contributed by atoms with van der Waals surface area (Å²) in [4.78, 5) is 7.02. The highest BCUT2D eigenvalue weighted by molar-refractivity contribution is 5.79. The lowest BCUT2D eigenvalue weighted by molar-refractivity contribution is -0.0504. The van der Waals surface area contributed by atoms with E-state index in [1.165, 1.54) is 25.9 Å². The Labute approximate surface area is 161 Å². The fourth-order valence-corrected chi connectivity index (χ4v) is 3.34. The third-order valence-corrected chi connectivity index (χ3v) is 4.94. The van der Waals surface area contributed by atoms with Crippen molar-refractivity contribution in [1.29, 1.82) is 0 Å². The molecule has 0 saturated carbocycles. The molecule has 2 N–H and O–H groups in total. The molecule has 1 aliphatic rings. The van der Waals surface area contributed by atoms with Crippen LogP contribution in [0.1, 0.15) is 38.7 Å². The number of para-hydroxylation sites is 1. The SMILES string of the molecule is CCNC(=NCc1ccccc1OC(F)F)NCCC1CCN(CC)CC1. The van der Waals surface area contributed by atoms with Gasteiger partial charge in [0.15, 0.2) is 5.96 Å². The van der Waals surface area contributed by atoms with Crippen LogP contribution in [0.25, 0.3) is 0 Å². The third-order valence-electron chi connectivity index (χ3n) is 4.94. The van der Waals surface area contributed by atoms with Gasteiger partial charge in [-0.3, -0.25) is 0 Å². The lowest BCUT2D eigenvalue weighted by atomic mass is 9.93. The molecule has 0 radical (unpaired) electrons. The van der Waals surface area contributed by atoms with Crippen LogP contribution in [0.15, 0.2) is 29.3 Å². The van der Waals surface area contributed by atoms with E-state index >= 15 is 0 Å². The largest absolute Gasteiger partial charge is 0.434 e. The molecule has 1 aromatic rings. The highest BCUT2D eigenvalue weighted by Crippen LogP contribution is 2.21. The van der Waals surface area contributed by atoms with E-state index in [2.05, 4.69) is 32.2 Å².